The number of nitrogens with zero attached hydrogens (tertiary/aromatic N) is 3. The van der Waals surface area contributed by atoms with Crippen LogP contribution in [0.25, 0.3) is 4.96 Å². The third kappa shape index (κ3) is 3.37. The van der Waals surface area contributed by atoms with E-state index >= 15 is 0 Å². The summed E-state index contributed by atoms with van der Waals surface area (Å²) in [6.45, 7) is 6.03. The van der Waals surface area contributed by atoms with E-state index in [-0.39, 0.29) is 11.6 Å². The van der Waals surface area contributed by atoms with E-state index in [4.69, 9.17) is 9.47 Å². The van der Waals surface area contributed by atoms with Gasteiger partial charge in [0.1, 0.15) is 0 Å². The van der Waals surface area contributed by atoms with Crippen molar-refractivity contribution in [2.75, 3.05) is 19.5 Å². The number of anilines is 1. The normalized spacial score (nSPS) is 12.2. The van der Waals surface area contributed by atoms with Gasteiger partial charge in [-0.25, -0.2) is 4.98 Å². The van der Waals surface area contributed by atoms with Crippen molar-refractivity contribution in [3.05, 3.63) is 45.4 Å². The summed E-state index contributed by atoms with van der Waals surface area (Å²) < 4.78 is 12.1. The second-order valence-corrected chi connectivity index (χ2v) is 6.93. The lowest BCUT2D eigenvalue weighted by atomic mass is 10.0. The van der Waals surface area contributed by atoms with E-state index in [0.717, 1.165) is 16.8 Å². The summed E-state index contributed by atoms with van der Waals surface area (Å²) in [5.41, 5.74) is 2.75. The van der Waals surface area contributed by atoms with Crippen molar-refractivity contribution in [3.8, 4) is 11.5 Å². The molecule has 8 heteroatoms. The second kappa shape index (κ2) is 7.33. The molecule has 7 nitrogen and oxygen atoms in total. The molecule has 0 aliphatic rings. The number of methoxy groups -OCH3 is 2. The monoisotopic (exact) mass is 374 g/mol. The zero-order chi connectivity index (χ0) is 18.8. The molecule has 26 heavy (non-hydrogen) atoms. The minimum atomic E-state index is -0.161. The van der Waals surface area contributed by atoms with Gasteiger partial charge in [0.05, 0.1) is 20.3 Å². The number of aryl methyl sites for hydroxylation is 2. The van der Waals surface area contributed by atoms with Gasteiger partial charge in [0.2, 0.25) is 10.1 Å². The van der Waals surface area contributed by atoms with Gasteiger partial charge in [0.15, 0.2) is 11.5 Å². The highest BCUT2D eigenvalue weighted by Crippen LogP contribution is 2.34. The van der Waals surface area contributed by atoms with Crippen molar-refractivity contribution in [1.29, 1.82) is 0 Å². The lowest BCUT2D eigenvalue weighted by molar-refractivity contribution is 0.354. The number of rotatable bonds is 6. The average Bonchev–Trinajstić information content (AvgIpc) is 3.03. The zero-order valence-corrected chi connectivity index (χ0v) is 16.3. The van der Waals surface area contributed by atoms with Gasteiger partial charge >= 0.3 is 0 Å². The van der Waals surface area contributed by atoms with E-state index in [2.05, 4.69) is 15.4 Å². The minimum absolute atomic E-state index is 0.0308. The molecule has 0 bridgehead atoms. The summed E-state index contributed by atoms with van der Waals surface area (Å²) in [5.74, 6) is 1.38. The van der Waals surface area contributed by atoms with Crippen LogP contribution in [0.3, 0.4) is 0 Å². The lowest BCUT2D eigenvalue weighted by Crippen LogP contribution is -2.15. The molecule has 2 heterocycles. The Labute approximate surface area is 155 Å². The van der Waals surface area contributed by atoms with Crippen LogP contribution in [0.4, 0.5) is 5.13 Å². The van der Waals surface area contributed by atoms with E-state index in [1.165, 1.54) is 21.9 Å². The summed E-state index contributed by atoms with van der Waals surface area (Å²) in [5, 5.41) is 8.35. The molecular formula is C18H22N4O3S. The number of fused-ring (bicyclic) bond motifs is 1. The predicted octanol–water partition coefficient (Wildman–Crippen LogP) is 3.21. The first kappa shape index (κ1) is 18.2. The number of hydrogen-bond donors (Lipinski definition) is 1. The number of ether oxygens (including phenoxy) is 2. The molecule has 0 saturated heterocycles. The van der Waals surface area contributed by atoms with Crippen molar-refractivity contribution < 1.29 is 9.47 Å². The lowest BCUT2D eigenvalue weighted by Gasteiger charge is -2.18. The molecular weight excluding hydrogens is 352 g/mol. The SMILES string of the molecule is CCc1cc(=O)n2nc(NC(C)c3cc(OC)c(OC)cc3C)sc2n1. The Morgan fingerprint density at radius 1 is 1.23 bits per heavy atom. The highest BCUT2D eigenvalue weighted by molar-refractivity contribution is 7.20. The summed E-state index contributed by atoms with van der Waals surface area (Å²) in [6, 6.07) is 5.40. The Morgan fingerprint density at radius 3 is 2.58 bits per heavy atom. The fourth-order valence-electron chi connectivity index (χ4n) is 2.82. The van der Waals surface area contributed by atoms with Crippen molar-refractivity contribution in [3.63, 3.8) is 0 Å². The molecule has 0 aliphatic carbocycles. The molecule has 0 amide bonds. The van der Waals surface area contributed by atoms with Crippen molar-refractivity contribution in [2.45, 2.75) is 33.2 Å². The molecule has 1 N–H and O–H groups in total. The Balaban J connectivity index is 1.93. The van der Waals surface area contributed by atoms with E-state index < -0.39 is 0 Å². The van der Waals surface area contributed by atoms with Crippen molar-refractivity contribution >= 4 is 21.4 Å². The van der Waals surface area contributed by atoms with Gasteiger partial charge in [-0.2, -0.15) is 4.52 Å². The fraction of sp³-hybridized carbons (Fsp3) is 0.389. The number of aromatic nitrogens is 3. The number of nitrogens with one attached hydrogen (secondary N) is 1. The highest BCUT2D eigenvalue weighted by Gasteiger charge is 2.16. The highest BCUT2D eigenvalue weighted by atomic mass is 32.1. The van der Waals surface area contributed by atoms with Gasteiger partial charge in [-0.1, -0.05) is 18.3 Å². The third-order valence-electron chi connectivity index (χ3n) is 4.24. The Kier molecular flexibility index (Phi) is 5.13. The van der Waals surface area contributed by atoms with Crippen LogP contribution in [0, 0.1) is 6.92 Å². The smallest absolute Gasteiger partial charge is 0.275 e. The Bertz CT molecular complexity index is 996. The first-order valence-electron chi connectivity index (χ1n) is 8.35. The maximum Gasteiger partial charge on any atom is 0.275 e. The van der Waals surface area contributed by atoms with Gasteiger partial charge in [0, 0.05) is 11.8 Å². The fourth-order valence-corrected chi connectivity index (χ4v) is 3.73. The second-order valence-electron chi connectivity index (χ2n) is 5.97. The van der Waals surface area contributed by atoms with Crippen LogP contribution >= 0.6 is 11.3 Å². The van der Waals surface area contributed by atoms with E-state index in [1.807, 2.05) is 32.9 Å². The minimum Gasteiger partial charge on any atom is -0.493 e. The molecule has 0 spiro atoms. The van der Waals surface area contributed by atoms with Crippen molar-refractivity contribution in [1.82, 2.24) is 14.6 Å². The summed E-state index contributed by atoms with van der Waals surface area (Å²) in [7, 11) is 3.24. The number of hydrogen-bond acceptors (Lipinski definition) is 7. The molecule has 138 valence electrons. The summed E-state index contributed by atoms with van der Waals surface area (Å²) in [6.07, 6.45) is 0.716. The molecule has 0 fully saturated rings. The van der Waals surface area contributed by atoms with Gasteiger partial charge in [-0.15, -0.1) is 5.10 Å². The van der Waals surface area contributed by atoms with Crippen LogP contribution in [0.1, 0.15) is 36.7 Å². The van der Waals surface area contributed by atoms with Gasteiger partial charge in [-0.3, -0.25) is 4.79 Å². The molecule has 0 saturated carbocycles. The molecule has 0 aliphatic heterocycles. The van der Waals surface area contributed by atoms with Crippen molar-refractivity contribution in [2.24, 2.45) is 0 Å². The summed E-state index contributed by atoms with van der Waals surface area (Å²) >= 11 is 1.36. The van der Waals surface area contributed by atoms with E-state index in [0.29, 0.717) is 28.0 Å². The van der Waals surface area contributed by atoms with Crippen LogP contribution < -0.4 is 20.3 Å². The van der Waals surface area contributed by atoms with Crippen LogP contribution in [0.2, 0.25) is 0 Å². The van der Waals surface area contributed by atoms with E-state index in [9.17, 15) is 4.79 Å². The number of benzene rings is 1. The standard InChI is InChI=1S/C18H22N4O3S/c1-6-12-8-16(23)22-18(20-12)26-17(21-22)19-11(3)13-9-15(25-5)14(24-4)7-10(13)2/h7-9,11H,6H2,1-5H3,(H,19,21). The van der Waals surface area contributed by atoms with Crippen LogP contribution in [-0.4, -0.2) is 28.8 Å². The molecule has 1 atom stereocenters. The largest absolute Gasteiger partial charge is 0.493 e. The molecule has 3 aromatic rings. The Morgan fingerprint density at radius 2 is 1.92 bits per heavy atom. The predicted molar refractivity (Wildman–Crippen MR) is 103 cm³/mol. The molecule has 1 aromatic carbocycles. The van der Waals surface area contributed by atoms with Crippen LogP contribution in [-0.2, 0) is 6.42 Å². The quantitative estimate of drug-likeness (QED) is 0.714. The van der Waals surface area contributed by atoms with Gasteiger partial charge in [0.25, 0.3) is 5.56 Å². The van der Waals surface area contributed by atoms with Gasteiger partial charge < -0.3 is 14.8 Å². The molecule has 1 unspecified atom stereocenters. The third-order valence-corrected chi connectivity index (χ3v) is 5.08. The first-order valence-corrected chi connectivity index (χ1v) is 9.17. The molecule has 0 radical (unpaired) electrons. The average molecular weight is 374 g/mol. The van der Waals surface area contributed by atoms with Crippen LogP contribution in [0.5, 0.6) is 11.5 Å². The molecule has 2 aromatic heterocycles. The zero-order valence-electron chi connectivity index (χ0n) is 15.5. The van der Waals surface area contributed by atoms with Crippen LogP contribution in [0.15, 0.2) is 23.0 Å². The molecule has 3 rings (SSSR count). The Hall–Kier alpha value is -2.61. The van der Waals surface area contributed by atoms with Gasteiger partial charge in [-0.05, 0) is 43.5 Å². The maximum absolute atomic E-state index is 12.1. The van der Waals surface area contributed by atoms with E-state index in [1.54, 1.807) is 14.2 Å². The maximum atomic E-state index is 12.1. The topological polar surface area (TPSA) is 77.8 Å². The summed E-state index contributed by atoms with van der Waals surface area (Å²) in [4.78, 5) is 17.2. The first-order chi connectivity index (χ1) is 12.5.